The first kappa shape index (κ1) is 11.6. The van der Waals surface area contributed by atoms with Crippen molar-refractivity contribution in [2.75, 3.05) is 6.54 Å². The highest BCUT2D eigenvalue weighted by Gasteiger charge is 2.44. The summed E-state index contributed by atoms with van der Waals surface area (Å²) in [5, 5.41) is 12.2. The molecule has 1 heterocycles. The van der Waals surface area contributed by atoms with E-state index in [1.54, 1.807) is 6.07 Å². The highest BCUT2D eigenvalue weighted by Crippen LogP contribution is 2.50. The second-order valence-electron chi connectivity index (χ2n) is 5.09. The van der Waals surface area contributed by atoms with Gasteiger partial charge >= 0.3 is 5.97 Å². The van der Waals surface area contributed by atoms with Crippen LogP contribution in [-0.4, -0.2) is 17.6 Å². The van der Waals surface area contributed by atoms with Crippen LogP contribution in [0.1, 0.15) is 34.8 Å². The van der Waals surface area contributed by atoms with Gasteiger partial charge in [-0.05, 0) is 36.4 Å². The minimum atomic E-state index is -0.834. The van der Waals surface area contributed by atoms with E-state index in [4.69, 9.17) is 5.11 Å². The van der Waals surface area contributed by atoms with Crippen LogP contribution in [0.25, 0.3) is 0 Å². The van der Waals surface area contributed by atoms with E-state index in [2.05, 4.69) is 19.2 Å². The molecule has 0 aliphatic heterocycles. The third-order valence-corrected chi connectivity index (χ3v) is 4.35. The van der Waals surface area contributed by atoms with Crippen molar-refractivity contribution in [2.24, 2.45) is 11.3 Å². The number of aromatic carboxylic acids is 1. The molecule has 16 heavy (non-hydrogen) atoms. The highest BCUT2D eigenvalue weighted by atomic mass is 32.1. The van der Waals surface area contributed by atoms with Crippen molar-refractivity contribution in [1.29, 1.82) is 0 Å². The molecular formula is C12H17NO2S. The topological polar surface area (TPSA) is 49.3 Å². The molecule has 1 fully saturated rings. The zero-order chi connectivity index (χ0) is 11.8. The first-order chi connectivity index (χ1) is 7.49. The number of carboxylic acid groups (broad SMARTS) is 1. The molecule has 0 bridgehead atoms. The molecule has 0 amide bonds. The number of thiophene rings is 1. The Balaban J connectivity index is 1.75. The van der Waals surface area contributed by atoms with Crippen LogP contribution >= 0.6 is 11.3 Å². The third kappa shape index (κ3) is 2.62. The Kier molecular flexibility index (Phi) is 3.04. The summed E-state index contributed by atoms with van der Waals surface area (Å²) in [5.74, 6) is -0.0500. The minimum Gasteiger partial charge on any atom is -0.477 e. The number of rotatable bonds is 5. The smallest absolute Gasteiger partial charge is 0.345 e. The Morgan fingerprint density at radius 1 is 1.62 bits per heavy atom. The molecule has 3 nitrogen and oxygen atoms in total. The summed E-state index contributed by atoms with van der Waals surface area (Å²) in [6.07, 6.45) is 1.30. The second kappa shape index (κ2) is 4.18. The fraction of sp³-hybridized carbons (Fsp3) is 0.583. The molecule has 2 N–H and O–H groups in total. The maximum absolute atomic E-state index is 10.7. The van der Waals surface area contributed by atoms with E-state index in [0.29, 0.717) is 10.3 Å². The van der Waals surface area contributed by atoms with Gasteiger partial charge in [0, 0.05) is 11.4 Å². The van der Waals surface area contributed by atoms with E-state index in [9.17, 15) is 4.79 Å². The van der Waals surface area contributed by atoms with E-state index in [1.165, 1.54) is 17.8 Å². The average molecular weight is 239 g/mol. The van der Waals surface area contributed by atoms with Crippen LogP contribution in [0.15, 0.2) is 12.1 Å². The van der Waals surface area contributed by atoms with Gasteiger partial charge in [0.15, 0.2) is 0 Å². The van der Waals surface area contributed by atoms with E-state index >= 15 is 0 Å². The predicted octanol–water partition coefficient (Wildman–Crippen LogP) is 2.58. The molecule has 1 aliphatic rings. The Morgan fingerprint density at radius 2 is 2.31 bits per heavy atom. The lowest BCUT2D eigenvalue weighted by Gasteiger charge is -2.04. The fourth-order valence-electron chi connectivity index (χ4n) is 1.88. The molecule has 1 unspecified atom stereocenters. The van der Waals surface area contributed by atoms with Crippen LogP contribution in [0.4, 0.5) is 0 Å². The van der Waals surface area contributed by atoms with Gasteiger partial charge in [-0.2, -0.15) is 0 Å². The van der Waals surface area contributed by atoms with Crippen molar-refractivity contribution < 1.29 is 9.90 Å². The van der Waals surface area contributed by atoms with Crippen LogP contribution < -0.4 is 5.32 Å². The van der Waals surface area contributed by atoms with Gasteiger partial charge in [0.1, 0.15) is 4.88 Å². The molecule has 1 aliphatic carbocycles. The first-order valence-electron chi connectivity index (χ1n) is 5.52. The Bertz CT molecular complexity index is 397. The minimum absolute atomic E-state index is 0.420. The molecule has 4 heteroatoms. The summed E-state index contributed by atoms with van der Waals surface area (Å²) in [5.41, 5.74) is 0.509. The van der Waals surface area contributed by atoms with Gasteiger partial charge in [0.2, 0.25) is 0 Å². The van der Waals surface area contributed by atoms with Crippen LogP contribution in [-0.2, 0) is 6.54 Å². The van der Waals surface area contributed by atoms with Crippen molar-refractivity contribution in [3.8, 4) is 0 Å². The monoisotopic (exact) mass is 239 g/mol. The maximum atomic E-state index is 10.7. The van der Waals surface area contributed by atoms with Gasteiger partial charge in [-0.1, -0.05) is 13.8 Å². The van der Waals surface area contributed by atoms with Crippen molar-refractivity contribution in [3.63, 3.8) is 0 Å². The quantitative estimate of drug-likeness (QED) is 0.830. The number of carboxylic acids is 1. The van der Waals surface area contributed by atoms with Gasteiger partial charge in [-0.3, -0.25) is 0 Å². The largest absolute Gasteiger partial charge is 0.477 e. The normalized spacial score (nSPS) is 22.0. The molecular weight excluding hydrogens is 222 g/mol. The van der Waals surface area contributed by atoms with Crippen molar-refractivity contribution in [1.82, 2.24) is 5.32 Å². The van der Waals surface area contributed by atoms with Crippen molar-refractivity contribution in [3.05, 3.63) is 21.9 Å². The lowest BCUT2D eigenvalue weighted by atomic mass is 10.1. The molecule has 0 radical (unpaired) electrons. The molecule has 0 aromatic carbocycles. The SMILES string of the molecule is CC1(C)CC1CNCc1ccc(C(=O)O)s1. The molecule has 1 aromatic heterocycles. The first-order valence-corrected chi connectivity index (χ1v) is 6.33. The average Bonchev–Trinajstić information content (AvgIpc) is 2.65. The molecule has 88 valence electrons. The molecule has 1 aromatic rings. The molecule has 0 spiro atoms. The van der Waals surface area contributed by atoms with Gasteiger partial charge in [-0.15, -0.1) is 11.3 Å². The van der Waals surface area contributed by atoms with Crippen LogP contribution in [0.2, 0.25) is 0 Å². The van der Waals surface area contributed by atoms with Gasteiger partial charge in [0.25, 0.3) is 0 Å². The Morgan fingerprint density at radius 3 is 2.81 bits per heavy atom. The van der Waals surface area contributed by atoms with Crippen LogP contribution in [0.5, 0.6) is 0 Å². The fourth-order valence-corrected chi connectivity index (χ4v) is 2.70. The van der Waals surface area contributed by atoms with Gasteiger partial charge in [0.05, 0.1) is 0 Å². The lowest BCUT2D eigenvalue weighted by Crippen LogP contribution is -2.17. The van der Waals surface area contributed by atoms with E-state index in [-0.39, 0.29) is 0 Å². The summed E-state index contributed by atoms with van der Waals surface area (Å²) in [6, 6.07) is 3.56. The lowest BCUT2D eigenvalue weighted by molar-refractivity contribution is 0.0702. The number of hydrogen-bond acceptors (Lipinski definition) is 3. The summed E-state index contributed by atoms with van der Waals surface area (Å²) < 4.78 is 0. The van der Waals surface area contributed by atoms with Crippen LogP contribution in [0, 0.1) is 11.3 Å². The maximum Gasteiger partial charge on any atom is 0.345 e. The van der Waals surface area contributed by atoms with Gasteiger partial charge in [-0.25, -0.2) is 4.79 Å². The highest BCUT2D eigenvalue weighted by molar-refractivity contribution is 7.13. The summed E-state index contributed by atoms with van der Waals surface area (Å²) in [7, 11) is 0. The Labute approximate surface area is 99.5 Å². The summed E-state index contributed by atoms with van der Waals surface area (Å²) in [4.78, 5) is 12.2. The third-order valence-electron chi connectivity index (χ3n) is 3.28. The van der Waals surface area contributed by atoms with Gasteiger partial charge < -0.3 is 10.4 Å². The van der Waals surface area contributed by atoms with Crippen LogP contribution in [0.3, 0.4) is 0 Å². The number of nitrogens with one attached hydrogen (secondary N) is 1. The zero-order valence-corrected chi connectivity index (χ0v) is 10.4. The predicted molar refractivity (Wildman–Crippen MR) is 64.9 cm³/mol. The number of carbonyl (C=O) groups is 1. The summed E-state index contributed by atoms with van der Waals surface area (Å²) >= 11 is 1.35. The Hall–Kier alpha value is -0.870. The molecule has 0 saturated heterocycles. The van der Waals surface area contributed by atoms with Crippen molar-refractivity contribution >= 4 is 17.3 Å². The standard InChI is InChI=1S/C12H17NO2S/c1-12(2)5-8(12)6-13-7-9-3-4-10(16-9)11(14)15/h3-4,8,13H,5-7H2,1-2H3,(H,14,15). The van der Waals surface area contributed by atoms with Crippen molar-refractivity contribution in [2.45, 2.75) is 26.8 Å². The van der Waals surface area contributed by atoms with E-state index < -0.39 is 5.97 Å². The second-order valence-corrected chi connectivity index (χ2v) is 6.26. The van der Waals surface area contributed by atoms with E-state index in [0.717, 1.165) is 23.9 Å². The summed E-state index contributed by atoms with van der Waals surface area (Å²) in [6.45, 7) is 6.39. The van der Waals surface area contributed by atoms with E-state index in [1.807, 2.05) is 6.07 Å². The molecule has 1 saturated carbocycles. The zero-order valence-electron chi connectivity index (χ0n) is 9.62. The number of hydrogen-bond donors (Lipinski definition) is 2. The molecule has 1 atom stereocenters. The molecule has 2 rings (SSSR count).